The number of carbonyl (C=O) groups is 2. The lowest BCUT2D eigenvalue weighted by atomic mass is 10.2. The number of esters is 1. The molecule has 0 saturated carbocycles. The Bertz CT molecular complexity index is 488. The fourth-order valence-corrected chi connectivity index (χ4v) is 1.27. The molecule has 0 aromatic carbocycles. The van der Waals surface area contributed by atoms with Crippen LogP contribution in [0, 0.1) is 0 Å². The van der Waals surface area contributed by atoms with Crippen molar-refractivity contribution in [3.8, 4) is 0 Å². The molecular weight excluding hydrogens is 258 g/mol. The molecule has 7 heteroatoms. The van der Waals surface area contributed by atoms with Crippen LogP contribution in [0.15, 0.2) is 17.4 Å². The van der Waals surface area contributed by atoms with E-state index in [0.717, 1.165) is 12.1 Å². The number of hydrogen-bond donors (Lipinski definition) is 1. The Kier molecular flexibility index (Phi) is 5.26. The van der Waals surface area contributed by atoms with Crippen LogP contribution < -0.4 is 5.43 Å². The van der Waals surface area contributed by atoms with Gasteiger partial charge in [0.15, 0.2) is 0 Å². The van der Waals surface area contributed by atoms with Crippen molar-refractivity contribution in [2.45, 2.75) is 20.3 Å². The normalized spacial score (nSPS) is 10.4. The Morgan fingerprint density at radius 1 is 1.61 bits per heavy atom. The van der Waals surface area contributed by atoms with E-state index in [1.54, 1.807) is 6.07 Å². The van der Waals surface area contributed by atoms with Crippen molar-refractivity contribution < 1.29 is 14.3 Å². The van der Waals surface area contributed by atoms with Gasteiger partial charge < -0.3 is 4.74 Å². The first kappa shape index (κ1) is 14.1. The van der Waals surface area contributed by atoms with Crippen LogP contribution in [0.5, 0.6) is 0 Å². The third-order valence-corrected chi connectivity index (χ3v) is 2.23. The summed E-state index contributed by atoms with van der Waals surface area (Å²) in [6.07, 6.45) is 2.91. The van der Waals surface area contributed by atoms with Gasteiger partial charge in [0.25, 0.3) is 0 Å². The highest BCUT2D eigenvalue weighted by atomic mass is 35.5. The van der Waals surface area contributed by atoms with Gasteiger partial charge in [-0.1, -0.05) is 18.5 Å². The molecule has 0 fully saturated rings. The predicted octanol–water partition coefficient (Wildman–Crippen LogP) is 1.53. The zero-order valence-electron chi connectivity index (χ0n) is 9.94. The molecule has 0 unspecified atom stereocenters. The molecule has 1 heterocycles. The molecule has 0 saturated heterocycles. The number of hydrogen-bond acceptors (Lipinski definition) is 5. The first-order valence-corrected chi connectivity index (χ1v) is 5.56. The largest absolute Gasteiger partial charge is 0.409 e. The third-order valence-electron chi connectivity index (χ3n) is 1.93. The first-order chi connectivity index (χ1) is 8.54. The van der Waals surface area contributed by atoms with E-state index < -0.39 is 5.97 Å². The maximum atomic E-state index is 11.6. The molecule has 1 aromatic heterocycles. The van der Waals surface area contributed by atoms with Crippen LogP contribution in [-0.4, -0.2) is 23.3 Å². The smallest absolute Gasteiger partial charge is 0.346 e. The Hall–Kier alpha value is -1.95. The summed E-state index contributed by atoms with van der Waals surface area (Å²) >= 11 is 5.83. The van der Waals surface area contributed by atoms with Crippen LogP contribution in [0.1, 0.15) is 29.9 Å². The number of pyridine rings is 1. The van der Waals surface area contributed by atoms with Crippen LogP contribution >= 0.6 is 11.6 Å². The van der Waals surface area contributed by atoms with Crippen molar-refractivity contribution in [3.05, 3.63) is 28.5 Å². The number of rotatable bonds is 4. The summed E-state index contributed by atoms with van der Waals surface area (Å²) in [4.78, 5) is 26.2. The minimum atomic E-state index is -0.661. The average Bonchev–Trinajstić information content (AvgIpc) is 2.34. The van der Waals surface area contributed by atoms with Crippen LogP contribution in [-0.2, 0) is 16.0 Å². The summed E-state index contributed by atoms with van der Waals surface area (Å²) in [7, 11) is 0. The lowest BCUT2D eigenvalue weighted by Crippen LogP contribution is -2.14. The number of nitrogens with zero attached hydrogens (tertiary/aromatic N) is 2. The SMILES string of the molecule is CCc1cc(C(=O)OC=NNC(C)=O)c(Cl)cn1. The molecule has 6 nitrogen and oxygen atoms in total. The van der Waals surface area contributed by atoms with Gasteiger partial charge in [0, 0.05) is 18.8 Å². The second-order valence-electron chi connectivity index (χ2n) is 3.32. The number of aryl methyl sites for hydroxylation is 1. The van der Waals surface area contributed by atoms with Gasteiger partial charge in [-0.15, -0.1) is 5.10 Å². The zero-order chi connectivity index (χ0) is 13.5. The van der Waals surface area contributed by atoms with Gasteiger partial charge in [0.05, 0.1) is 10.6 Å². The Labute approximate surface area is 109 Å². The first-order valence-electron chi connectivity index (χ1n) is 5.18. The van der Waals surface area contributed by atoms with E-state index >= 15 is 0 Å². The number of aromatic nitrogens is 1. The van der Waals surface area contributed by atoms with Gasteiger partial charge in [-0.05, 0) is 12.5 Å². The number of hydrazone groups is 1. The van der Waals surface area contributed by atoms with Crippen molar-refractivity contribution in [2.24, 2.45) is 5.10 Å². The molecule has 0 bridgehead atoms. The molecule has 0 aliphatic carbocycles. The fraction of sp³-hybridized carbons (Fsp3) is 0.273. The van der Waals surface area contributed by atoms with Crippen molar-refractivity contribution in [2.75, 3.05) is 0 Å². The van der Waals surface area contributed by atoms with Gasteiger partial charge in [-0.2, -0.15) is 0 Å². The monoisotopic (exact) mass is 269 g/mol. The topological polar surface area (TPSA) is 80.6 Å². The Balaban J connectivity index is 2.72. The fourth-order valence-electron chi connectivity index (χ4n) is 1.09. The average molecular weight is 270 g/mol. The lowest BCUT2D eigenvalue weighted by Gasteiger charge is -2.03. The zero-order valence-corrected chi connectivity index (χ0v) is 10.7. The molecule has 1 aromatic rings. The lowest BCUT2D eigenvalue weighted by molar-refractivity contribution is -0.118. The highest BCUT2D eigenvalue weighted by Crippen LogP contribution is 2.16. The van der Waals surface area contributed by atoms with E-state index in [0.29, 0.717) is 6.42 Å². The van der Waals surface area contributed by atoms with Crippen LogP contribution in [0.2, 0.25) is 5.02 Å². The number of ether oxygens (including phenoxy) is 1. The van der Waals surface area contributed by atoms with Crippen LogP contribution in [0.4, 0.5) is 0 Å². The molecule has 1 N–H and O–H groups in total. The number of amides is 1. The quantitative estimate of drug-likeness (QED) is 0.389. The van der Waals surface area contributed by atoms with Gasteiger partial charge >= 0.3 is 5.97 Å². The molecule has 0 aliphatic heterocycles. The summed E-state index contributed by atoms with van der Waals surface area (Å²) in [5, 5.41) is 3.58. The molecule has 0 atom stereocenters. The number of nitrogens with one attached hydrogen (secondary N) is 1. The maximum Gasteiger partial charge on any atom is 0.346 e. The molecule has 0 spiro atoms. The molecular formula is C11H12ClN3O3. The third kappa shape index (κ3) is 4.14. The molecule has 0 aliphatic rings. The summed E-state index contributed by atoms with van der Waals surface area (Å²) in [5.74, 6) is -1.02. The summed E-state index contributed by atoms with van der Waals surface area (Å²) < 4.78 is 4.70. The van der Waals surface area contributed by atoms with Crippen molar-refractivity contribution in [1.29, 1.82) is 0 Å². The molecule has 96 valence electrons. The molecule has 18 heavy (non-hydrogen) atoms. The van der Waals surface area contributed by atoms with Crippen molar-refractivity contribution in [1.82, 2.24) is 10.4 Å². The predicted molar refractivity (Wildman–Crippen MR) is 66.3 cm³/mol. The second kappa shape index (κ2) is 6.70. The molecule has 1 amide bonds. The Morgan fingerprint density at radius 3 is 2.94 bits per heavy atom. The van der Waals surface area contributed by atoms with E-state index in [-0.39, 0.29) is 16.5 Å². The standard InChI is InChI=1S/C11H12ClN3O3/c1-3-8-4-9(10(12)5-13-8)11(17)18-6-14-15-7(2)16/h4-6H,3H2,1-2H3,(H,15,16). The van der Waals surface area contributed by atoms with E-state index in [1.807, 2.05) is 6.92 Å². The number of carbonyl (C=O) groups excluding carboxylic acids is 2. The Morgan fingerprint density at radius 2 is 2.33 bits per heavy atom. The van der Waals surface area contributed by atoms with Gasteiger partial charge in [-0.25, -0.2) is 10.2 Å². The minimum Gasteiger partial charge on any atom is -0.409 e. The van der Waals surface area contributed by atoms with Crippen LogP contribution in [0.25, 0.3) is 0 Å². The van der Waals surface area contributed by atoms with Crippen molar-refractivity contribution in [3.63, 3.8) is 0 Å². The summed E-state index contributed by atoms with van der Waals surface area (Å²) in [6.45, 7) is 3.19. The highest BCUT2D eigenvalue weighted by Gasteiger charge is 2.12. The van der Waals surface area contributed by atoms with Crippen molar-refractivity contribution >= 4 is 29.9 Å². The van der Waals surface area contributed by atoms with Gasteiger partial charge in [0.1, 0.15) is 0 Å². The van der Waals surface area contributed by atoms with Crippen LogP contribution in [0.3, 0.4) is 0 Å². The van der Waals surface area contributed by atoms with Gasteiger partial charge in [0.2, 0.25) is 12.3 Å². The van der Waals surface area contributed by atoms with Gasteiger partial charge in [-0.3, -0.25) is 9.78 Å². The molecule has 0 radical (unpaired) electrons. The van der Waals surface area contributed by atoms with E-state index in [1.165, 1.54) is 13.1 Å². The van der Waals surface area contributed by atoms with E-state index in [2.05, 4.69) is 15.5 Å². The van der Waals surface area contributed by atoms with E-state index in [4.69, 9.17) is 16.3 Å². The molecule has 1 rings (SSSR count). The second-order valence-corrected chi connectivity index (χ2v) is 3.72. The maximum absolute atomic E-state index is 11.6. The minimum absolute atomic E-state index is 0.199. The van der Waals surface area contributed by atoms with E-state index in [9.17, 15) is 9.59 Å². The summed E-state index contributed by atoms with van der Waals surface area (Å²) in [6, 6.07) is 1.55. The number of halogens is 1. The summed E-state index contributed by atoms with van der Waals surface area (Å²) in [5.41, 5.74) is 3.03. The highest BCUT2D eigenvalue weighted by molar-refractivity contribution is 6.33.